The third-order valence-corrected chi connectivity index (χ3v) is 3.28. The van der Waals surface area contributed by atoms with Crippen molar-refractivity contribution in [2.24, 2.45) is 5.92 Å². The van der Waals surface area contributed by atoms with Gasteiger partial charge in [-0.25, -0.2) is 0 Å². The maximum Gasteiger partial charge on any atom is 0.316 e. The first-order valence-electron chi connectivity index (χ1n) is 5.20. The van der Waals surface area contributed by atoms with Crippen molar-refractivity contribution in [3.8, 4) is 0 Å². The molecule has 0 aliphatic heterocycles. The van der Waals surface area contributed by atoms with Gasteiger partial charge in [0.2, 0.25) is 0 Å². The van der Waals surface area contributed by atoms with E-state index in [9.17, 15) is 9.90 Å². The van der Waals surface area contributed by atoms with Crippen LogP contribution in [0.5, 0.6) is 0 Å². The lowest BCUT2D eigenvalue weighted by molar-refractivity contribution is -0.167. The molecule has 0 amide bonds. The van der Waals surface area contributed by atoms with Gasteiger partial charge in [0, 0.05) is 6.61 Å². The van der Waals surface area contributed by atoms with Crippen molar-refractivity contribution < 1.29 is 19.7 Å². The fourth-order valence-electron chi connectivity index (χ4n) is 1.95. The van der Waals surface area contributed by atoms with Crippen LogP contribution in [-0.2, 0) is 9.53 Å². The maximum absolute atomic E-state index is 11.1. The zero-order valence-corrected chi connectivity index (χ0v) is 9.58. The van der Waals surface area contributed by atoms with Crippen LogP contribution in [-0.4, -0.2) is 40.8 Å². The lowest BCUT2D eigenvalue weighted by Gasteiger charge is -2.37. The molecule has 0 atom stereocenters. The molecule has 1 rings (SSSR count). The first-order chi connectivity index (χ1) is 7.15. The molecule has 0 spiro atoms. The zero-order chi connectivity index (χ0) is 11.3. The molecule has 0 heterocycles. The molecule has 0 saturated heterocycles. The van der Waals surface area contributed by atoms with Crippen LogP contribution in [0.3, 0.4) is 0 Å². The Morgan fingerprint density at radius 1 is 1.40 bits per heavy atom. The van der Waals surface area contributed by atoms with Crippen LogP contribution in [0.15, 0.2) is 0 Å². The number of hydrogen-bond donors (Lipinski definition) is 3. The van der Waals surface area contributed by atoms with Gasteiger partial charge in [-0.2, -0.15) is 12.6 Å². The minimum atomic E-state index is -0.731. The molecule has 1 fully saturated rings. The normalized spacial score (nSPS) is 31.3. The molecule has 0 aromatic heterocycles. The number of carbonyl (C=O) groups excluding carboxylic acids is 1. The quantitative estimate of drug-likeness (QED) is 0.486. The van der Waals surface area contributed by atoms with Crippen LogP contribution in [0, 0.1) is 5.92 Å². The van der Waals surface area contributed by atoms with E-state index in [2.05, 4.69) is 12.6 Å². The van der Waals surface area contributed by atoms with Crippen LogP contribution in [0.1, 0.15) is 25.7 Å². The van der Waals surface area contributed by atoms with E-state index < -0.39 is 11.6 Å². The van der Waals surface area contributed by atoms with Gasteiger partial charge in [0.05, 0.1) is 12.4 Å². The van der Waals surface area contributed by atoms with Gasteiger partial charge in [-0.1, -0.05) is 0 Å². The summed E-state index contributed by atoms with van der Waals surface area (Å²) in [5, 5.41) is 18.3. The molecule has 4 nitrogen and oxygen atoms in total. The summed E-state index contributed by atoms with van der Waals surface area (Å²) in [6.45, 7) is 0.0205. The van der Waals surface area contributed by atoms with E-state index >= 15 is 0 Å². The fraction of sp³-hybridized carbons (Fsp3) is 0.900. The van der Waals surface area contributed by atoms with Gasteiger partial charge in [0.1, 0.15) is 5.60 Å². The van der Waals surface area contributed by atoms with Gasteiger partial charge in [0.15, 0.2) is 0 Å². The number of thiol groups is 1. The summed E-state index contributed by atoms with van der Waals surface area (Å²) in [6, 6.07) is 0. The molecule has 0 radical (unpaired) electrons. The molecule has 1 aliphatic carbocycles. The Labute approximate surface area is 95.0 Å². The molecule has 5 heteroatoms. The van der Waals surface area contributed by atoms with Crippen molar-refractivity contribution in [2.75, 3.05) is 19.0 Å². The SMILES string of the molecule is O=C(CS)OC1(CO)CCC(CO)CC1. The molecule has 15 heavy (non-hydrogen) atoms. The second-order valence-corrected chi connectivity index (χ2v) is 4.42. The van der Waals surface area contributed by atoms with Gasteiger partial charge in [-0.15, -0.1) is 0 Å². The van der Waals surface area contributed by atoms with E-state index in [-0.39, 0.29) is 24.9 Å². The number of hydrogen-bond acceptors (Lipinski definition) is 5. The van der Waals surface area contributed by atoms with E-state index in [1.807, 2.05) is 0 Å². The van der Waals surface area contributed by atoms with E-state index in [0.29, 0.717) is 12.8 Å². The predicted molar refractivity (Wildman–Crippen MR) is 58.8 cm³/mol. The van der Waals surface area contributed by atoms with E-state index in [1.165, 1.54) is 0 Å². The molecular weight excluding hydrogens is 216 g/mol. The van der Waals surface area contributed by atoms with Crippen molar-refractivity contribution in [3.63, 3.8) is 0 Å². The summed E-state index contributed by atoms with van der Waals surface area (Å²) in [5.74, 6) is -0.0836. The third-order valence-electron chi connectivity index (χ3n) is 3.02. The Kier molecular flexibility index (Phi) is 4.89. The fourth-order valence-corrected chi connectivity index (χ4v) is 2.02. The van der Waals surface area contributed by atoms with Crippen molar-refractivity contribution in [2.45, 2.75) is 31.3 Å². The second kappa shape index (κ2) is 5.72. The predicted octanol–water partition coefficient (Wildman–Crippen LogP) is 0.373. The summed E-state index contributed by atoms with van der Waals surface area (Å²) < 4.78 is 5.22. The number of aliphatic hydroxyl groups excluding tert-OH is 2. The summed E-state index contributed by atoms with van der Waals surface area (Å²) in [5.41, 5.74) is -0.731. The first kappa shape index (κ1) is 12.8. The second-order valence-electron chi connectivity index (χ2n) is 4.10. The highest BCUT2D eigenvalue weighted by Gasteiger charge is 2.37. The van der Waals surface area contributed by atoms with Gasteiger partial charge in [0.25, 0.3) is 0 Å². The van der Waals surface area contributed by atoms with Gasteiger partial charge in [-0.3, -0.25) is 4.79 Å². The molecule has 2 N–H and O–H groups in total. The highest BCUT2D eigenvalue weighted by atomic mass is 32.1. The van der Waals surface area contributed by atoms with Gasteiger partial charge >= 0.3 is 5.97 Å². The smallest absolute Gasteiger partial charge is 0.316 e. The highest BCUT2D eigenvalue weighted by Crippen LogP contribution is 2.34. The monoisotopic (exact) mass is 234 g/mol. The summed E-state index contributed by atoms with van der Waals surface area (Å²) in [6.07, 6.45) is 2.82. The lowest BCUT2D eigenvalue weighted by atomic mass is 9.79. The molecule has 1 aliphatic rings. The van der Waals surface area contributed by atoms with Gasteiger partial charge < -0.3 is 14.9 Å². The molecule has 88 valence electrons. The van der Waals surface area contributed by atoms with Crippen LogP contribution < -0.4 is 0 Å². The Balaban J connectivity index is 2.52. The van der Waals surface area contributed by atoms with Crippen LogP contribution in [0.2, 0.25) is 0 Å². The summed E-state index contributed by atoms with van der Waals surface area (Å²) in [4.78, 5) is 11.1. The summed E-state index contributed by atoms with van der Waals surface area (Å²) in [7, 11) is 0. The average molecular weight is 234 g/mol. The topological polar surface area (TPSA) is 66.8 Å². The number of rotatable bonds is 4. The van der Waals surface area contributed by atoms with Crippen LogP contribution >= 0.6 is 12.6 Å². The average Bonchev–Trinajstić information content (AvgIpc) is 2.30. The van der Waals surface area contributed by atoms with Crippen LogP contribution in [0.25, 0.3) is 0 Å². The Morgan fingerprint density at radius 2 is 2.00 bits per heavy atom. The molecular formula is C10H18O4S. The van der Waals surface area contributed by atoms with E-state index in [1.54, 1.807) is 0 Å². The lowest BCUT2D eigenvalue weighted by Crippen LogP contribution is -2.43. The molecule has 0 bridgehead atoms. The van der Waals surface area contributed by atoms with Crippen LogP contribution in [0.4, 0.5) is 0 Å². The van der Waals surface area contributed by atoms with E-state index in [0.717, 1.165) is 12.8 Å². The highest BCUT2D eigenvalue weighted by molar-refractivity contribution is 7.81. The zero-order valence-electron chi connectivity index (χ0n) is 8.69. The molecule has 1 saturated carbocycles. The van der Waals surface area contributed by atoms with Gasteiger partial charge in [-0.05, 0) is 31.6 Å². The molecule has 0 unspecified atom stereocenters. The number of aliphatic hydroxyl groups is 2. The summed E-state index contributed by atoms with van der Waals surface area (Å²) >= 11 is 3.83. The third kappa shape index (κ3) is 3.36. The number of carbonyl (C=O) groups is 1. The standard InChI is InChI=1S/C10H18O4S/c11-5-8-1-3-10(7-12,4-2-8)14-9(13)6-15/h8,11-12,15H,1-7H2. The van der Waals surface area contributed by atoms with Crippen molar-refractivity contribution >= 4 is 18.6 Å². The Morgan fingerprint density at radius 3 is 2.40 bits per heavy atom. The van der Waals surface area contributed by atoms with E-state index in [4.69, 9.17) is 9.84 Å². The maximum atomic E-state index is 11.1. The van der Waals surface area contributed by atoms with Crippen molar-refractivity contribution in [1.29, 1.82) is 0 Å². The minimum Gasteiger partial charge on any atom is -0.456 e. The minimum absolute atomic E-state index is 0.0329. The van der Waals surface area contributed by atoms with Crippen molar-refractivity contribution in [1.82, 2.24) is 0 Å². The number of ether oxygens (including phenoxy) is 1. The molecule has 0 aromatic rings. The largest absolute Gasteiger partial charge is 0.456 e. The molecule has 0 aromatic carbocycles. The number of esters is 1. The van der Waals surface area contributed by atoms with Crippen molar-refractivity contribution in [3.05, 3.63) is 0 Å². The Bertz CT molecular complexity index is 211. The first-order valence-corrected chi connectivity index (χ1v) is 5.83. The Hall–Kier alpha value is -0.260.